The molecular formula is C21H24N2O4. The third-order valence-corrected chi connectivity index (χ3v) is 4.07. The van der Waals surface area contributed by atoms with Crippen molar-refractivity contribution in [3.63, 3.8) is 0 Å². The molecule has 0 aliphatic rings. The smallest absolute Gasteiger partial charge is 0.306 e. The Bertz CT molecular complexity index is 783. The monoisotopic (exact) mass is 368 g/mol. The van der Waals surface area contributed by atoms with E-state index in [4.69, 9.17) is 4.74 Å². The zero-order chi connectivity index (χ0) is 19.6. The Balaban J connectivity index is 1.72. The van der Waals surface area contributed by atoms with Crippen LogP contribution in [-0.2, 0) is 27.2 Å². The summed E-state index contributed by atoms with van der Waals surface area (Å²) in [5.74, 6) is -1.05. The van der Waals surface area contributed by atoms with Crippen LogP contribution in [0, 0.1) is 0 Å². The van der Waals surface area contributed by atoms with E-state index in [-0.39, 0.29) is 18.9 Å². The first-order chi connectivity index (χ1) is 13.0. The van der Waals surface area contributed by atoms with E-state index < -0.39 is 11.9 Å². The molecule has 0 saturated carbocycles. The third-order valence-electron chi connectivity index (χ3n) is 4.07. The van der Waals surface area contributed by atoms with Gasteiger partial charge in [-0.15, -0.1) is 0 Å². The molecular weight excluding hydrogens is 344 g/mol. The van der Waals surface area contributed by atoms with Gasteiger partial charge < -0.3 is 15.4 Å². The van der Waals surface area contributed by atoms with Gasteiger partial charge in [0.15, 0.2) is 6.61 Å². The molecule has 0 radical (unpaired) electrons. The van der Waals surface area contributed by atoms with Crippen LogP contribution in [0.3, 0.4) is 0 Å². The van der Waals surface area contributed by atoms with Crippen LogP contribution >= 0.6 is 0 Å². The van der Waals surface area contributed by atoms with Crippen molar-refractivity contribution in [2.24, 2.45) is 0 Å². The predicted molar refractivity (Wildman–Crippen MR) is 104 cm³/mol. The van der Waals surface area contributed by atoms with Gasteiger partial charge >= 0.3 is 5.97 Å². The molecule has 0 aliphatic heterocycles. The predicted octanol–water partition coefficient (Wildman–Crippen LogP) is 2.72. The van der Waals surface area contributed by atoms with Crippen LogP contribution in [0.1, 0.15) is 34.8 Å². The molecule has 2 aromatic rings. The molecule has 2 aromatic carbocycles. The van der Waals surface area contributed by atoms with E-state index in [1.54, 1.807) is 31.3 Å². The van der Waals surface area contributed by atoms with Crippen LogP contribution in [0.25, 0.3) is 0 Å². The molecule has 0 unspecified atom stereocenters. The number of esters is 1. The fourth-order valence-electron chi connectivity index (χ4n) is 2.45. The Labute approximate surface area is 158 Å². The first-order valence-corrected chi connectivity index (χ1v) is 8.87. The maximum atomic E-state index is 11.9. The minimum absolute atomic E-state index is 0.203. The highest BCUT2D eigenvalue weighted by molar-refractivity contribution is 5.96. The number of anilines is 1. The number of benzene rings is 2. The summed E-state index contributed by atoms with van der Waals surface area (Å²) in [5.41, 5.74) is 3.33. The summed E-state index contributed by atoms with van der Waals surface area (Å²) in [6.45, 7) is 1.75. The Hall–Kier alpha value is -3.15. The fraction of sp³-hybridized carbons (Fsp3) is 0.286. The number of rotatable bonds is 8. The zero-order valence-electron chi connectivity index (χ0n) is 15.6. The van der Waals surface area contributed by atoms with Gasteiger partial charge in [-0.1, -0.05) is 31.2 Å². The van der Waals surface area contributed by atoms with Crippen LogP contribution in [0.4, 0.5) is 5.69 Å². The second-order valence-electron chi connectivity index (χ2n) is 6.04. The number of amides is 2. The summed E-state index contributed by atoms with van der Waals surface area (Å²) in [6.07, 6.45) is 1.77. The summed E-state index contributed by atoms with van der Waals surface area (Å²) >= 11 is 0. The highest BCUT2D eigenvalue weighted by Gasteiger charge is 2.09. The Kier molecular flexibility index (Phi) is 7.55. The van der Waals surface area contributed by atoms with Crippen molar-refractivity contribution in [2.75, 3.05) is 19.0 Å². The molecule has 142 valence electrons. The number of hydrogen-bond donors (Lipinski definition) is 2. The van der Waals surface area contributed by atoms with Gasteiger partial charge in [-0.3, -0.25) is 14.4 Å². The van der Waals surface area contributed by atoms with Crippen molar-refractivity contribution in [1.29, 1.82) is 0 Å². The van der Waals surface area contributed by atoms with Gasteiger partial charge in [0.1, 0.15) is 0 Å². The number of carbonyl (C=O) groups is 3. The SMILES string of the molecule is CCc1ccc(CCC(=O)OCC(=O)Nc2ccc(C(=O)NC)cc2)cc1. The van der Waals surface area contributed by atoms with E-state index >= 15 is 0 Å². The maximum absolute atomic E-state index is 11.9. The second kappa shape index (κ2) is 10.1. The fourth-order valence-corrected chi connectivity index (χ4v) is 2.45. The van der Waals surface area contributed by atoms with Gasteiger partial charge in [-0.05, 0) is 48.2 Å². The van der Waals surface area contributed by atoms with Gasteiger partial charge in [0.2, 0.25) is 0 Å². The summed E-state index contributed by atoms with van der Waals surface area (Å²) in [7, 11) is 1.55. The largest absolute Gasteiger partial charge is 0.456 e. The van der Waals surface area contributed by atoms with Crippen LogP contribution in [-0.4, -0.2) is 31.4 Å². The highest BCUT2D eigenvalue weighted by Crippen LogP contribution is 2.10. The van der Waals surface area contributed by atoms with Crippen LogP contribution in [0.15, 0.2) is 48.5 Å². The molecule has 2 N–H and O–H groups in total. The lowest BCUT2D eigenvalue weighted by molar-refractivity contribution is -0.147. The normalized spacial score (nSPS) is 10.1. The molecule has 0 heterocycles. The molecule has 0 aromatic heterocycles. The van der Waals surface area contributed by atoms with E-state index in [0.717, 1.165) is 12.0 Å². The van der Waals surface area contributed by atoms with Crippen molar-refractivity contribution < 1.29 is 19.1 Å². The van der Waals surface area contributed by atoms with E-state index in [1.807, 2.05) is 24.3 Å². The molecule has 0 fully saturated rings. The van der Waals surface area contributed by atoms with Crippen molar-refractivity contribution in [3.8, 4) is 0 Å². The lowest BCUT2D eigenvalue weighted by Crippen LogP contribution is -2.21. The Morgan fingerprint density at radius 3 is 2.15 bits per heavy atom. The van der Waals surface area contributed by atoms with Gasteiger partial charge in [-0.2, -0.15) is 0 Å². The standard InChI is InChI=1S/C21H24N2O4/c1-3-15-4-6-16(7-5-15)8-13-20(25)27-14-19(24)23-18-11-9-17(10-12-18)21(26)22-2/h4-7,9-12H,3,8,13-14H2,1-2H3,(H,22,26)(H,23,24). The Morgan fingerprint density at radius 2 is 1.56 bits per heavy atom. The van der Waals surface area contributed by atoms with Crippen LogP contribution < -0.4 is 10.6 Å². The third kappa shape index (κ3) is 6.58. The topological polar surface area (TPSA) is 84.5 Å². The van der Waals surface area contributed by atoms with Crippen LogP contribution in [0.2, 0.25) is 0 Å². The summed E-state index contributed by atoms with van der Waals surface area (Å²) in [6, 6.07) is 14.5. The maximum Gasteiger partial charge on any atom is 0.306 e. The van der Waals surface area contributed by atoms with Crippen LogP contribution in [0.5, 0.6) is 0 Å². The van der Waals surface area contributed by atoms with Gasteiger partial charge in [-0.25, -0.2) is 0 Å². The lowest BCUT2D eigenvalue weighted by atomic mass is 10.1. The molecule has 0 atom stereocenters. The molecule has 0 aliphatic carbocycles. The van der Waals surface area contributed by atoms with E-state index in [9.17, 15) is 14.4 Å². The Morgan fingerprint density at radius 1 is 0.926 bits per heavy atom. The molecule has 2 rings (SSSR count). The molecule has 6 nitrogen and oxygen atoms in total. The van der Waals surface area contributed by atoms with Crippen molar-refractivity contribution in [2.45, 2.75) is 26.2 Å². The number of carbonyl (C=O) groups excluding carboxylic acids is 3. The number of ether oxygens (including phenoxy) is 1. The zero-order valence-corrected chi connectivity index (χ0v) is 15.6. The minimum Gasteiger partial charge on any atom is -0.456 e. The number of nitrogens with one attached hydrogen (secondary N) is 2. The summed E-state index contributed by atoms with van der Waals surface area (Å²) in [5, 5.41) is 5.14. The van der Waals surface area contributed by atoms with Crippen molar-refractivity contribution >= 4 is 23.5 Å². The summed E-state index contributed by atoms with van der Waals surface area (Å²) < 4.78 is 5.01. The number of hydrogen-bond acceptors (Lipinski definition) is 4. The average Bonchev–Trinajstić information content (AvgIpc) is 2.71. The first kappa shape index (κ1) is 20.2. The second-order valence-corrected chi connectivity index (χ2v) is 6.04. The number of aryl methyl sites for hydroxylation is 2. The van der Waals surface area contributed by atoms with Crippen molar-refractivity contribution in [3.05, 3.63) is 65.2 Å². The average molecular weight is 368 g/mol. The van der Waals surface area contributed by atoms with Crippen molar-refractivity contribution in [1.82, 2.24) is 5.32 Å². The first-order valence-electron chi connectivity index (χ1n) is 8.87. The lowest BCUT2D eigenvalue weighted by Gasteiger charge is -2.08. The van der Waals surface area contributed by atoms with E-state index in [0.29, 0.717) is 17.7 Å². The van der Waals surface area contributed by atoms with Gasteiger partial charge in [0.05, 0.1) is 0 Å². The molecule has 0 bridgehead atoms. The molecule has 6 heteroatoms. The highest BCUT2D eigenvalue weighted by atomic mass is 16.5. The van der Waals surface area contributed by atoms with E-state index in [1.165, 1.54) is 5.56 Å². The molecule has 0 spiro atoms. The molecule has 27 heavy (non-hydrogen) atoms. The molecule has 0 saturated heterocycles. The van der Waals surface area contributed by atoms with E-state index in [2.05, 4.69) is 17.6 Å². The van der Waals surface area contributed by atoms with Gasteiger partial charge in [0.25, 0.3) is 11.8 Å². The summed E-state index contributed by atoms with van der Waals surface area (Å²) in [4.78, 5) is 35.1. The van der Waals surface area contributed by atoms with Gasteiger partial charge in [0, 0.05) is 24.7 Å². The minimum atomic E-state index is -0.427. The molecule has 2 amide bonds. The quantitative estimate of drug-likeness (QED) is 0.702.